The molecule has 0 amide bonds. The predicted molar refractivity (Wildman–Crippen MR) is 103 cm³/mol. The molecule has 1 heterocycles. The lowest BCUT2D eigenvalue weighted by Gasteiger charge is -2.11. The molecule has 26 heavy (non-hydrogen) atoms. The van der Waals surface area contributed by atoms with Gasteiger partial charge in [0.1, 0.15) is 5.75 Å². The van der Waals surface area contributed by atoms with Crippen molar-refractivity contribution in [3.05, 3.63) is 52.5 Å². The molecule has 0 spiro atoms. The Balaban J connectivity index is 1.67. The summed E-state index contributed by atoms with van der Waals surface area (Å²) in [5.74, 6) is 2.33. The molecule has 3 aromatic rings. The Labute approximate surface area is 158 Å². The van der Waals surface area contributed by atoms with Crippen molar-refractivity contribution in [3.63, 3.8) is 0 Å². The number of nitrogens with zero attached hydrogens (tertiary/aromatic N) is 2. The number of hydrogen-bond acceptors (Lipinski definition) is 4. The van der Waals surface area contributed by atoms with Crippen LogP contribution < -0.4 is 4.74 Å². The van der Waals surface area contributed by atoms with Gasteiger partial charge in [-0.25, -0.2) is 0 Å². The SMILES string of the molecule is CC(C)Oc1ccc(-c2nc(-c3cccc4c3CC[C@H]4C)no2)cc1Cl. The molecule has 1 aromatic heterocycles. The van der Waals surface area contributed by atoms with Gasteiger partial charge in [0.15, 0.2) is 0 Å². The Morgan fingerprint density at radius 3 is 2.85 bits per heavy atom. The maximum Gasteiger partial charge on any atom is 0.258 e. The third-order valence-electron chi connectivity index (χ3n) is 4.78. The van der Waals surface area contributed by atoms with Gasteiger partial charge in [0.05, 0.1) is 11.1 Å². The minimum Gasteiger partial charge on any atom is -0.489 e. The van der Waals surface area contributed by atoms with Crippen molar-refractivity contribution >= 4 is 11.6 Å². The highest BCUT2D eigenvalue weighted by atomic mass is 35.5. The number of hydrogen-bond donors (Lipinski definition) is 0. The molecule has 1 aliphatic carbocycles. The van der Waals surface area contributed by atoms with Gasteiger partial charge in [0.2, 0.25) is 5.82 Å². The van der Waals surface area contributed by atoms with E-state index in [1.165, 1.54) is 17.5 Å². The molecule has 0 unspecified atom stereocenters. The van der Waals surface area contributed by atoms with Crippen LogP contribution in [0.3, 0.4) is 0 Å². The average molecular weight is 369 g/mol. The van der Waals surface area contributed by atoms with E-state index < -0.39 is 0 Å². The van der Waals surface area contributed by atoms with Crippen LogP contribution in [0.1, 0.15) is 44.2 Å². The van der Waals surface area contributed by atoms with E-state index >= 15 is 0 Å². The van der Waals surface area contributed by atoms with E-state index in [9.17, 15) is 0 Å². The Morgan fingerprint density at radius 2 is 2.08 bits per heavy atom. The van der Waals surface area contributed by atoms with Crippen molar-refractivity contribution in [3.8, 4) is 28.6 Å². The molecule has 0 radical (unpaired) electrons. The van der Waals surface area contributed by atoms with E-state index in [0.29, 0.717) is 28.4 Å². The van der Waals surface area contributed by atoms with Crippen molar-refractivity contribution in [2.24, 2.45) is 0 Å². The molecule has 0 aliphatic heterocycles. The highest BCUT2D eigenvalue weighted by Gasteiger charge is 2.23. The second-order valence-electron chi connectivity index (χ2n) is 7.05. The van der Waals surface area contributed by atoms with Crippen LogP contribution in [0.5, 0.6) is 5.75 Å². The van der Waals surface area contributed by atoms with Crippen LogP contribution in [0, 0.1) is 0 Å². The first-order valence-corrected chi connectivity index (χ1v) is 9.33. The quantitative estimate of drug-likeness (QED) is 0.575. The van der Waals surface area contributed by atoms with Crippen LogP contribution in [0.4, 0.5) is 0 Å². The van der Waals surface area contributed by atoms with Crippen LogP contribution in [0.25, 0.3) is 22.8 Å². The van der Waals surface area contributed by atoms with Gasteiger partial charge in [-0.1, -0.05) is 41.9 Å². The predicted octanol–water partition coefficient (Wildman–Crippen LogP) is 5.89. The van der Waals surface area contributed by atoms with E-state index in [0.717, 1.165) is 17.5 Å². The van der Waals surface area contributed by atoms with Gasteiger partial charge in [-0.3, -0.25) is 0 Å². The second-order valence-corrected chi connectivity index (χ2v) is 7.46. The van der Waals surface area contributed by atoms with Gasteiger partial charge in [-0.05, 0) is 61.9 Å². The van der Waals surface area contributed by atoms with Crippen LogP contribution >= 0.6 is 11.6 Å². The lowest BCUT2D eigenvalue weighted by molar-refractivity contribution is 0.242. The first-order valence-electron chi connectivity index (χ1n) is 8.95. The molecule has 0 saturated carbocycles. The third kappa shape index (κ3) is 3.10. The van der Waals surface area contributed by atoms with E-state index in [4.69, 9.17) is 20.9 Å². The first-order chi connectivity index (χ1) is 12.5. The lowest BCUT2D eigenvalue weighted by atomic mass is 9.99. The largest absolute Gasteiger partial charge is 0.489 e. The number of rotatable bonds is 4. The Hall–Kier alpha value is -2.33. The summed E-state index contributed by atoms with van der Waals surface area (Å²) in [5.41, 5.74) is 4.58. The minimum atomic E-state index is 0.0657. The highest BCUT2D eigenvalue weighted by Crippen LogP contribution is 2.38. The molecule has 2 aromatic carbocycles. The van der Waals surface area contributed by atoms with E-state index in [1.807, 2.05) is 26.0 Å². The molecule has 1 atom stereocenters. The topological polar surface area (TPSA) is 48.2 Å². The Bertz CT molecular complexity index is 949. The van der Waals surface area contributed by atoms with Gasteiger partial charge in [-0.15, -0.1) is 0 Å². The Kier molecular flexibility index (Phi) is 4.45. The summed E-state index contributed by atoms with van der Waals surface area (Å²) in [4.78, 5) is 4.61. The first kappa shape index (κ1) is 17.1. The molecule has 0 bridgehead atoms. The van der Waals surface area contributed by atoms with Crippen molar-refractivity contribution in [2.45, 2.75) is 45.6 Å². The molecule has 5 heteroatoms. The maximum atomic E-state index is 6.33. The fourth-order valence-corrected chi connectivity index (χ4v) is 3.73. The van der Waals surface area contributed by atoms with E-state index in [2.05, 4.69) is 35.3 Å². The van der Waals surface area contributed by atoms with E-state index in [1.54, 1.807) is 6.07 Å². The summed E-state index contributed by atoms with van der Waals surface area (Å²) < 4.78 is 11.2. The molecule has 1 aliphatic rings. The number of fused-ring (bicyclic) bond motifs is 1. The number of halogens is 1. The zero-order chi connectivity index (χ0) is 18.3. The highest BCUT2D eigenvalue weighted by molar-refractivity contribution is 6.32. The van der Waals surface area contributed by atoms with Gasteiger partial charge >= 0.3 is 0 Å². The fraction of sp³-hybridized carbons (Fsp3) is 0.333. The third-order valence-corrected chi connectivity index (χ3v) is 5.07. The normalized spacial score (nSPS) is 16.1. The molecule has 134 valence electrons. The molecule has 0 N–H and O–H groups in total. The molecular weight excluding hydrogens is 348 g/mol. The van der Waals surface area contributed by atoms with Crippen molar-refractivity contribution in [2.75, 3.05) is 0 Å². The standard InChI is InChI=1S/C21H21ClN2O2/c1-12(2)25-19-10-8-14(11-18(19)22)21-23-20(24-26-21)17-6-4-5-15-13(3)7-9-16(15)17/h4-6,8,10-13H,7,9H2,1-3H3/t13-/m1/s1. The summed E-state index contributed by atoms with van der Waals surface area (Å²) >= 11 is 6.33. The van der Waals surface area contributed by atoms with Crippen molar-refractivity contribution < 1.29 is 9.26 Å². The summed E-state index contributed by atoms with van der Waals surface area (Å²) in [7, 11) is 0. The number of benzene rings is 2. The van der Waals surface area contributed by atoms with E-state index in [-0.39, 0.29) is 6.10 Å². The zero-order valence-corrected chi connectivity index (χ0v) is 15.9. The van der Waals surface area contributed by atoms with Gasteiger partial charge in [0, 0.05) is 11.1 Å². The molecule has 4 rings (SSSR count). The average Bonchev–Trinajstić information content (AvgIpc) is 3.24. The van der Waals surface area contributed by atoms with Crippen LogP contribution in [-0.2, 0) is 6.42 Å². The fourth-order valence-electron chi connectivity index (χ4n) is 3.50. The lowest BCUT2D eigenvalue weighted by Crippen LogP contribution is -2.05. The summed E-state index contributed by atoms with van der Waals surface area (Å²) in [5, 5.41) is 4.74. The van der Waals surface area contributed by atoms with Gasteiger partial charge in [-0.2, -0.15) is 4.98 Å². The number of ether oxygens (including phenoxy) is 1. The van der Waals surface area contributed by atoms with Crippen LogP contribution in [-0.4, -0.2) is 16.2 Å². The van der Waals surface area contributed by atoms with Crippen LogP contribution in [0.2, 0.25) is 5.02 Å². The van der Waals surface area contributed by atoms with Crippen molar-refractivity contribution in [1.82, 2.24) is 10.1 Å². The summed E-state index contributed by atoms with van der Waals surface area (Å²) in [6.45, 7) is 6.20. The molecular formula is C21H21ClN2O2. The second kappa shape index (κ2) is 6.76. The summed E-state index contributed by atoms with van der Waals surface area (Å²) in [6, 6.07) is 11.9. The van der Waals surface area contributed by atoms with Crippen LogP contribution in [0.15, 0.2) is 40.9 Å². The zero-order valence-electron chi connectivity index (χ0n) is 15.1. The molecule has 0 saturated heterocycles. The Morgan fingerprint density at radius 1 is 1.23 bits per heavy atom. The number of aromatic nitrogens is 2. The van der Waals surface area contributed by atoms with Crippen molar-refractivity contribution in [1.29, 1.82) is 0 Å². The van der Waals surface area contributed by atoms with Gasteiger partial charge in [0.25, 0.3) is 5.89 Å². The molecule has 4 nitrogen and oxygen atoms in total. The molecule has 0 fully saturated rings. The smallest absolute Gasteiger partial charge is 0.258 e. The maximum absolute atomic E-state index is 6.33. The monoisotopic (exact) mass is 368 g/mol. The minimum absolute atomic E-state index is 0.0657. The van der Waals surface area contributed by atoms with Gasteiger partial charge < -0.3 is 9.26 Å². The summed E-state index contributed by atoms with van der Waals surface area (Å²) in [6.07, 6.45) is 2.30.